The highest BCUT2D eigenvalue weighted by atomic mass is 32.1. The molecule has 0 saturated heterocycles. The third-order valence-corrected chi connectivity index (χ3v) is 5.36. The van der Waals surface area contributed by atoms with Crippen LogP contribution in [-0.4, -0.2) is 54.2 Å². The number of rotatable bonds is 12. The van der Waals surface area contributed by atoms with E-state index in [0.717, 1.165) is 11.4 Å². The predicted molar refractivity (Wildman–Crippen MR) is 107 cm³/mol. The van der Waals surface area contributed by atoms with Crippen LogP contribution >= 0.6 is 11.3 Å². The van der Waals surface area contributed by atoms with Gasteiger partial charge in [0.05, 0.1) is 18.2 Å². The lowest BCUT2D eigenvalue weighted by molar-refractivity contribution is -0.154. The molecule has 0 radical (unpaired) electrons. The zero-order valence-electron chi connectivity index (χ0n) is 17.1. The first-order chi connectivity index (χ1) is 13.3. The summed E-state index contributed by atoms with van der Waals surface area (Å²) in [5, 5.41) is 2.43. The number of hydrogen-bond donors (Lipinski definition) is 1. The van der Waals surface area contributed by atoms with Crippen molar-refractivity contribution in [1.82, 2.24) is 9.88 Å². The molecule has 2 unspecified atom stereocenters. The average Bonchev–Trinajstić information content (AvgIpc) is 3.17. The van der Waals surface area contributed by atoms with E-state index in [1.165, 1.54) is 23.3 Å². The molecule has 28 heavy (non-hydrogen) atoms. The number of thiazole rings is 1. The highest BCUT2D eigenvalue weighted by Crippen LogP contribution is 2.14. The molecule has 1 aromatic rings. The number of carbonyl (C=O) groups excluding carboxylic acids is 3. The van der Waals surface area contributed by atoms with Gasteiger partial charge in [0.1, 0.15) is 0 Å². The molecule has 1 rings (SSSR count). The van der Waals surface area contributed by atoms with Crippen molar-refractivity contribution in [3.05, 3.63) is 16.1 Å². The van der Waals surface area contributed by atoms with Crippen molar-refractivity contribution < 1.29 is 23.9 Å². The van der Waals surface area contributed by atoms with Gasteiger partial charge in [-0.3, -0.25) is 9.59 Å². The molecule has 0 bridgehead atoms. The number of hydrogen-bond acceptors (Lipinski definition) is 8. The maximum absolute atomic E-state index is 12.7. The molecule has 8 nitrogen and oxygen atoms in total. The zero-order chi connectivity index (χ0) is 21.1. The van der Waals surface area contributed by atoms with Crippen LogP contribution in [0.2, 0.25) is 0 Å². The summed E-state index contributed by atoms with van der Waals surface area (Å²) in [6, 6.07) is -0.638. The lowest BCUT2D eigenvalue weighted by Gasteiger charge is -2.27. The summed E-state index contributed by atoms with van der Waals surface area (Å²) in [6.07, 6.45) is 2.98. The Bertz CT molecular complexity index is 649. The van der Waals surface area contributed by atoms with Gasteiger partial charge >= 0.3 is 11.9 Å². The van der Waals surface area contributed by atoms with Gasteiger partial charge in [-0.05, 0) is 18.8 Å². The van der Waals surface area contributed by atoms with Crippen molar-refractivity contribution >= 4 is 29.2 Å². The minimum atomic E-state index is -0.638. The molecule has 0 aromatic carbocycles. The number of ether oxygens (including phenoxy) is 2. The second kappa shape index (κ2) is 12.5. The van der Waals surface area contributed by atoms with Gasteiger partial charge in [-0.1, -0.05) is 27.2 Å². The van der Waals surface area contributed by atoms with Crippen molar-refractivity contribution in [3.8, 4) is 0 Å². The predicted octanol–water partition coefficient (Wildman–Crippen LogP) is 2.37. The number of amides is 1. The fraction of sp³-hybridized carbons (Fsp3) is 0.684. The van der Waals surface area contributed by atoms with Gasteiger partial charge in [-0.25, -0.2) is 9.78 Å². The largest absolute Gasteiger partial charge is 0.464 e. The first kappa shape index (κ1) is 24.0. The van der Waals surface area contributed by atoms with Crippen LogP contribution in [0.3, 0.4) is 0 Å². The van der Waals surface area contributed by atoms with Gasteiger partial charge in [0, 0.05) is 24.8 Å². The van der Waals surface area contributed by atoms with Crippen LogP contribution in [0.25, 0.3) is 0 Å². The van der Waals surface area contributed by atoms with Gasteiger partial charge in [0.2, 0.25) is 5.91 Å². The molecule has 0 fully saturated rings. The maximum Gasteiger partial charge on any atom is 0.357 e. The Kier molecular flexibility index (Phi) is 10.7. The molecule has 0 aliphatic carbocycles. The highest BCUT2D eigenvalue weighted by Gasteiger charge is 2.25. The molecule has 0 spiro atoms. The Hall–Kier alpha value is -2.00. The summed E-state index contributed by atoms with van der Waals surface area (Å²) in [7, 11) is 1.31. The number of aromatic nitrogens is 1. The summed E-state index contributed by atoms with van der Waals surface area (Å²) in [6.45, 7) is 6.07. The third kappa shape index (κ3) is 7.55. The quantitative estimate of drug-likeness (QED) is 0.413. The number of aryl methyl sites for hydroxylation is 1. The third-order valence-electron chi connectivity index (χ3n) is 4.45. The molecular formula is C19H31N3O5S. The van der Waals surface area contributed by atoms with Crippen LogP contribution in [0.1, 0.15) is 62.0 Å². The first-order valence-corrected chi connectivity index (χ1v) is 10.4. The molecule has 1 aromatic heterocycles. The monoisotopic (exact) mass is 413 g/mol. The minimum Gasteiger partial charge on any atom is -0.464 e. The molecule has 0 saturated carbocycles. The van der Waals surface area contributed by atoms with Gasteiger partial charge in [0.15, 0.2) is 12.4 Å². The molecule has 1 amide bonds. The fourth-order valence-electron chi connectivity index (χ4n) is 2.42. The van der Waals surface area contributed by atoms with Crippen molar-refractivity contribution in [1.29, 1.82) is 0 Å². The molecule has 2 N–H and O–H groups in total. The zero-order valence-corrected chi connectivity index (χ0v) is 17.9. The van der Waals surface area contributed by atoms with Gasteiger partial charge in [-0.15, -0.1) is 11.3 Å². The van der Waals surface area contributed by atoms with E-state index < -0.39 is 12.0 Å². The Labute approximate surface area is 170 Å². The topological polar surface area (TPSA) is 112 Å². The summed E-state index contributed by atoms with van der Waals surface area (Å²) in [5.74, 6) is -1.00. The van der Waals surface area contributed by atoms with Crippen LogP contribution in [-0.2, 0) is 25.5 Å². The molecule has 0 aliphatic rings. The van der Waals surface area contributed by atoms with Crippen molar-refractivity contribution in [2.45, 2.75) is 58.9 Å². The normalized spacial score (nSPS) is 12.9. The summed E-state index contributed by atoms with van der Waals surface area (Å²) in [5.41, 5.74) is 6.36. The molecule has 0 aliphatic heterocycles. The minimum absolute atomic E-state index is 0.0305. The van der Waals surface area contributed by atoms with E-state index in [1.54, 1.807) is 5.38 Å². The average molecular weight is 414 g/mol. The number of methoxy groups -OCH3 is 1. The second-order valence-corrected chi connectivity index (χ2v) is 7.57. The SMILES string of the molecule is CCCC(=O)OCN(CCCc1nc(C(=O)OC)cs1)C(=O)C(N)C(C)CC. The Morgan fingerprint density at radius 1 is 1.32 bits per heavy atom. The van der Waals surface area contributed by atoms with Crippen LogP contribution in [0.4, 0.5) is 0 Å². The summed E-state index contributed by atoms with van der Waals surface area (Å²) >= 11 is 1.37. The molecule has 9 heteroatoms. The maximum atomic E-state index is 12.7. The molecule has 1 heterocycles. The van der Waals surface area contributed by atoms with Gasteiger partial charge < -0.3 is 20.1 Å². The Balaban J connectivity index is 2.67. The molecule has 158 valence electrons. The van der Waals surface area contributed by atoms with E-state index in [0.29, 0.717) is 32.2 Å². The first-order valence-electron chi connectivity index (χ1n) is 9.56. The van der Waals surface area contributed by atoms with E-state index >= 15 is 0 Å². The van der Waals surface area contributed by atoms with E-state index in [-0.39, 0.29) is 30.2 Å². The van der Waals surface area contributed by atoms with E-state index in [4.69, 9.17) is 10.5 Å². The van der Waals surface area contributed by atoms with E-state index in [9.17, 15) is 14.4 Å². The van der Waals surface area contributed by atoms with E-state index in [1.807, 2.05) is 20.8 Å². The number of nitrogens with zero attached hydrogens (tertiary/aromatic N) is 2. The summed E-state index contributed by atoms with van der Waals surface area (Å²) < 4.78 is 9.87. The van der Waals surface area contributed by atoms with Crippen LogP contribution < -0.4 is 5.73 Å². The Morgan fingerprint density at radius 3 is 2.64 bits per heavy atom. The second-order valence-electron chi connectivity index (χ2n) is 6.63. The van der Waals surface area contributed by atoms with E-state index in [2.05, 4.69) is 9.72 Å². The van der Waals surface area contributed by atoms with Crippen molar-refractivity contribution in [2.75, 3.05) is 20.4 Å². The van der Waals surface area contributed by atoms with Crippen molar-refractivity contribution in [3.63, 3.8) is 0 Å². The van der Waals surface area contributed by atoms with Crippen LogP contribution in [0.15, 0.2) is 5.38 Å². The lowest BCUT2D eigenvalue weighted by Crippen LogP contribution is -2.48. The van der Waals surface area contributed by atoms with Gasteiger partial charge in [0.25, 0.3) is 0 Å². The number of esters is 2. The standard InChI is InChI=1S/C19H31N3O5S/c1-5-8-16(23)27-12-22(18(24)17(20)13(3)6-2)10-7-9-15-21-14(11-28-15)19(25)26-4/h11,13,17H,5-10,12,20H2,1-4H3. The fourth-order valence-corrected chi connectivity index (χ4v) is 3.23. The number of nitrogens with two attached hydrogens (primary N) is 1. The molecular weight excluding hydrogens is 382 g/mol. The molecule has 2 atom stereocenters. The summed E-state index contributed by atoms with van der Waals surface area (Å²) in [4.78, 5) is 41.6. The highest BCUT2D eigenvalue weighted by molar-refractivity contribution is 7.09. The number of carbonyl (C=O) groups is 3. The van der Waals surface area contributed by atoms with Gasteiger partial charge in [-0.2, -0.15) is 0 Å². The van der Waals surface area contributed by atoms with Crippen LogP contribution in [0.5, 0.6) is 0 Å². The van der Waals surface area contributed by atoms with Crippen LogP contribution in [0, 0.1) is 5.92 Å². The Morgan fingerprint density at radius 2 is 2.04 bits per heavy atom. The smallest absolute Gasteiger partial charge is 0.357 e. The van der Waals surface area contributed by atoms with Crippen molar-refractivity contribution in [2.24, 2.45) is 11.7 Å². The lowest BCUT2D eigenvalue weighted by atomic mass is 9.99.